The molecule has 3 heterocycles. The van der Waals surface area contributed by atoms with E-state index >= 15 is 0 Å². The summed E-state index contributed by atoms with van der Waals surface area (Å²) < 4.78 is 3.51. The first kappa shape index (κ1) is 23.4. The van der Waals surface area contributed by atoms with E-state index in [1.54, 1.807) is 16.8 Å². The van der Waals surface area contributed by atoms with Crippen molar-refractivity contribution in [2.24, 2.45) is 0 Å². The summed E-state index contributed by atoms with van der Waals surface area (Å²) in [4.78, 5) is 21.7. The van der Waals surface area contributed by atoms with Crippen molar-refractivity contribution in [3.63, 3.8) is 0 Å². The van der Waals surface area contributed by atoms with Crippen LogP contribution in [0.1, 0.15) is 22.6 Å². The first-order valence-corrected chi connectivity index (χ1v) is 11.8. The average Bonchev–Trinajstić information content (AvgIpc) is 3.35. The van der Waals surface area contributed by atoms with Crippen LogP contribution in [0, 0.1) is 27.7 Å². The van der Waals surface area contributed by atoms with Crippen molar-refractivity contribution in [3.8, 4) is 17.3 Å². The van der Waals surface area contributed by atoms with Crippen LogP contribution in [-0.4, -0.2) is 46.2 Å². The molecular weight excluding hydrogens is 448 g/mol. The lowest BCUT2D eigenvalue weighted by molar-refractivity contribution is -0.113. The van der Waals surface area contributed by atoms with E-state index in [0.29, 0.717) is 23.5 Å². The molecule has 0 spiro atoms. The molecule has 0 bridgehead atoms. The van der Waals surface area contributed by atoms with Gasteiger partial charge in [0.2, 0.25) is 5.91 Å². The standard InChI is InChI=1S/C24H26N8OS/c1-6-10-31-22(19-9-7-8-15(2)11-19)28-29-24(31)34-14-21(33)27-20-13-18(5)30-32(20)23-25-16(3)12-17(4)26-23/h6-9,11-13H,1,10,14H2,2-5H3,(H,27,33). The number of anilines is 1. The van der Waals surface area contributed by atoms with Crippen LogP contribution in [0.4, 0.5) is 5.82 Å². The van der Waals surface area contributed by atoms with Crippen molar-refractivity contribution in [2.75, 3.05) is 11.1 Å². The lowest BCUT2D eigenvalue weighted by Crippen LogP contribution is -2.18. The fraction of sp³-hybridized carbons (Fsp3) is 0.250. The van der Waals surface area contributed by atoms with Crippen LogP contribution in [0.2, 0.25) is 0 Å². The number of thioether (sulfide) groups is 1. The Morgan fingerprint density at radius 2 is 1.82 bits per heavy atom. The van der Waals surface area contributed by atoms with Crippen LogP contribution in [0.5, 0.6) is 0 Å². The van der Waals surface area contributed by atoms with Crippen molar-refractivity contribution in [3.05, 3.63) is 71.7 Å². The van der Waals surface area contributed by atoms with Gasteiger partial charge in [-0.15, -0.1) is 16.8 Å². The number of benzene rings is 1. The molecule has 174 valence electrons. The minimum absolute atomic E-state index is 0.154. The van der Waals surface area contributed by atoms with Gasteiger partial charge in [-0.05, 0) is 39.8 Å². The minimum Gasteiger partial charge on any atom is -0.310 e. The Hall–Kier alpha value is -3.79. The lowest BCUT2D eigenvalue weighted by atomic mass is 10.1. The Balaban J connectivity index is 1.51. The molecule has 0 fully saturated rings. The van der Waals surface area contributed by atoms with Gasteiger partial charge in [0.25, 0.3) is 5.95 Å². The number of carbonyl (C=O) groups is 1. The second-order valence-corrected chi connectivity index (χ2v) is 8.89. The maximum Gasteiger partial charge on any atom is 0.252 e. The second-order valence-electron chi connectivity index (χ2n) is 7.95. The molecule has 0 aliphatic carbocycles. The molecule has 3 aromatic heterocycles. The molecule has 34 heavy (non-hydrogen) atoms. The summed E-state index contributed by atoms with van der Waals surface area (Å²) in [6.07, 6.45) is 1.79. The number of rotatable bonds is 8. The summed E-state index contributed by atoms with van der Waals surface area (Å²) in [7, 11) is 0. The normalized spacial score (nSPS) is 10.9. The Labute approximate surface area is 202 Å². The van der Waals surface area contributed by atoms with E-state index in [4.69, 9.17) is 0 Å². The van der Waals surface area contributed by atoms with E-state index in [9.17, 15) is 4.79 Å². The Bertz CT molecular complexity index is 1340. The Morgan fingerprint density at radius 3 is 2.53 bits per heavy atom. The zero-order valence-corrected chi connectivity index (χ0v) is 20.4. The number of amides is 1. The predicted molar refractivity (Wildman–Crippen MR) is 133 cm³/mol. The highest BCUT2D eigenvalue weighted by atomic mass is 32.2. The maximum atomic E-state index is 12.8. The summed E-state index contributed by atoms with van der Waals surface area (Å²) in [5, 5.41) is 16.7. The number of nitrogens with zero attached hydrogens (tertiary/aromatic N) is 7. The molecule has 1 aromatic carbocycles. The van der Waals surface area contributed by atoms with E-state index in [-0.39, 0.29) is 11.7 Å². The maximum absolute atomic E-state index is 12.8. The number of aryl methyl sites for hydroxylation is 4. The van der Waals surface area contributed by atoms with Gasteiger partial charge in [0.1, 0.15) is 5.82 Å². The van der Waals surface area contributed by atoms with E-state index in [1.807, 2.05) is 56.5 Å². The van der Waals surface area contributed by atoms with Crippen molar-refractivity contribution in [2.45, 2.75) is 39.4 Å². The zero-order valence-electron chi connectivity index (χ0n) is 19.6. The molecule has 1 amide bonds. The molecule has 0 saturated heterocycles. The summed E-state index contributed by atoms with van der Waals surface area (Å²) >= 11 is 1.32. The fourth-order valence-corrected chi connectivity index (χ4v) is 4.29. The molecule has 0 atom stereocenters. The predicted octanol–water partition coefficient (Wildman–Crippen LogP) is 4.07. The first-order valence-electron chi connectivity index (χ1n) is 10.8. The zero-order chi connectivity index (χ0) is 24.2. The van der Waals surface area contributed by atoms with Gasteiger partial charge in [-0.1, -0.05) is 41.6 Å². The van der Waals surface area contributed by atoms with Crippen LogP contribution in [-0.2, 0) is 11.3 Å². The third-order valence-electron chi connectivity index (χ3n) is 4.90. The Morgan fingerprint density at radius 1 is 1.06 bits per heavy atom. The molecule has 10 heteroatoms. The minimum atomic E-state index is -0.194. The smallest absolute Gasteiger partial charge is 0.252 e. The Kier molecular flexibility index (Phi) is 6.87. The molecule has 0 aliphatic rings. The van der Waals surface area contributed by atoms with Gasteiger partial charge in [-0.2, -0.15) is 9.78 Å². The number of hydrogen-bond acceptors (Lipinski definition) is 7. The molecule has 0 unspecified atom stereocenters. The molecule has 1 N–H and O–H groups in total. The summed E-state index contributed by atoms with van der Waals surface area (Å²) in [5.41, 5.74) is 4.51. The first-order chi connectivity index (χ1) is 16.3. The number of carbonyl (C=O) groups excluding carboxylic acids is 1. The largest absolute Gasteiger partial charge is 0.310 e. The van der Waals surface area contributed by atoms with Gasteiger partial charge in [-0.25, -0.2) is 9.97 Å². The van der Waals surface area contributed by atoms with Crippen LogP contribution in [0.15, 0.2) is 54.2 Å². The molecule has 4 rings (SSSR count). The highest BCUT2D eigenvalue weighted by molar-refractivity contribution is 7.99. The van der Waals surface area contributed by atoms with Crippen LogP contribution in [0.3, 0.4) is 0 Å². The van der Waals surface area contributed by atoms with E-state index < -0.39 is 0 Å². The summed E-state index contributed by atoms with van der Waals surface area (Å²) in [5.74, 6) is 1.64. The van der Waals surface area contributed by atoms with Crippen molar-refractivity contribution >= 4 is 23.5 Å². The third kappa shape index (κ3) is 5.23. The van der Waals surface area contributed by atoms with E-state index in [2.05, 4.69) is 43.2 Å². The topological polar surface area (TPSA) is 103 Å². The van der Waals surface area contributed by atoms with Gasteiger partial charge in [0.15, 0.2) is 11.0 Å². The van der Waals surface area contributed by atoms with Crippen molar-refractivity contribution < 1.29 is 4.79 Å². The molecule has 0 saturated carbocycles. The molecule has 9 nitrogen and oxygen atoms in total. The van der Waals surface area contributed by atoms with Crippen LogP contribution in [0.25, 0.3) is 17.3 Å². The van der Waals surface area contributed by atoms with Gasteiger partial charge >= 0.3 is 0 Å². The molecule has 0 aliphatic heterocycles. The molecule has 0 radical (unpaired) electrons. The van der Waals surface area contributed by atoms with Crippen LogP contribution >= 0.6 is 11.8 Å². The highest BCUT2D eigenvalue weighted by Gasteiger charge is 2.17. The van der Waals surface area contributed by atoms with Gasteiger partial charge in [0.05, 0.1) is 11.4 Å². The van der Waals surface area contributed by atoms with E-state index in [0.717, 1.165) is 34.0 Å². The monoisotopic (exact) mass is 474 g/mol. The molecular formula is C24H26N8OS. The van der Waals surface area contributed by atoms with Crippen molar-refractivity contribution in [1.82, 2.24) is 34.5 Å². The van der Waals surface area contributed by atoms with Crippen LogP contribution < -0.4 is 5.32 Å². The number of allylic oxidation sites excluding steroid dienone is 1. The average molecular weight is 475 g/mol. The second kappa shape index (κ2) is 10.0. The third-order valence-corrected chi connectivity index (χ3v) is 5.86. The fourth-order valence-electron chi connectivity index (χ4n) is 3.54. The summed E-state index contributed by atoms with van der Waals surface area (Å²) in [6, 6.07) is 11.8. The van der Waals surface area contributed by atoms with E-state index in [1.165, 1.54) is 11.8 Å². The summed E-state index contributed by atoms with van der Waals surface area (Å²) in [6.45, 7) is 12.1. The lowest BCUT2D eigenvalue weighted by Gasteiger charge is -2.10. The quantitative estimate of drug-likeness (QED) is 0.303. The van der Waals surface area contributed by atoms with Gasteiger partial charge in [-0.3, -0.25) is 9.36 Å². The number of hydrogen-bond donors (Lipinski definition) is 1. The number of aromatic nitrogens is 7. The van der Waals surface area contributed by atoms with Gasteiger partial charge in [0, 0.05) is 29.6 Å². The SMILES string of the molecule is C=CCn1c(SCC(=O)Nc2cc(C)nn2-c2nc(C)cc(C)n2)nnc1-c1cccc(C)c1. The highest BCUT2D eigenvalue weighted by Crippen LogP contribution is 2.25. The van der Waals surface area contributed by atoms with Gasteiger partial charge < -0.3 is 5.32 Å². The molecule has 4 aromatic rings. The van der Waals surface area contributed by atoms with Crippen molar-refractivity contribution in [1.29, 1.82) is 0 Å². The number of nitrogens with one attached hydrogen (secondary N) is 1.